The number of tetrazole rings is 1. The van der Waals surface area contributed by atoms with E-state index in [2.05, 4.69) is 25.9 Å². The monoisotopic (exact) mass is 243 g/mol. The quantitative estimate of drug-likeness (QED) is 0.685. The number of aliphatic hydroxyl groups is 1. The molecule has 0 saturated heterocycles. The smallest absolute Gasteiger partial charge is 0.408 e. The van der Waals surface area contributed by atoms with Crippen LogP contribution in [-0.4, -0.2) is 44.0 Å². The summed E-state index contributed by atoms with van der Waals surface area (Å²) in [6.07, 6.45) is -0.654. The van der Waals surface area contributed by atoms with Crippen LogP contribution in [0.4, 0.5) is 4.79 Å². The molecule has 1 rings (SSSR count). The van der Waals surface area contributed by atoms with E-state index in [4.69, 9.17) is 4.74 Å². The van der Waals surface area contributed by atoms with Crippen molar-refractivity contribution < 1.29 is 14.6 Å². The minimum atomic E-state index is -1.13. The Balaban J connectivity index is 2.74. The second kappa shape index (κ2) is 4.66. The van der Waals surface area contributed by atoms with Crippen molar-refractivity contribution in [1.29, 1.82) is 0 Å². The van der Waals surface area contributed by atoms with Gasteiger partial charge in [-0.05, 0) is 27.7 Å². The molecule has 0 saturated carbocycles. The molecule has 1 heterocycles. The molecule has 17 heavy (non-hydrogen) atoms. The number of carbonyl (C=O) groups is 1. The predicted molar refractivity (Wildman–Crippen MR) is 58.0 cm³/mol. The summed E-state index contributed by atoms with van der Waals surface area (Å²) in [4.78, 5) is 11.6. The third-order valence-electron chi connectivity index (χ3n) is 1.93. The Morgan fingerprint density at radius 3 is 2.53 bits per heavy atom. The van der Waals surface area contributed by atoms with Crippen LogP contribution in [0.2, 0.25) is 0 Å². The molecule has 0 aliphatic rings. The molecule has 96 valence electrons. The third kappa shape index (κ3) is 3.66. The van der Waals surface area contributed by atoms with Crippen molar-refractivity contribution in [2.45, 2.75) is 38.8 Å². The molecule has 1 amide bonds. The van der Waals surface area contributed by atoms with Crippen molar-refractivity contribution in [3.8, 4) is 0 Å². The van der Waals surface area contributed by atoms with Gasteiger partial charge >= 0.3 is 6.09 Å². The maximum absolute atomic E-state index is 11.6. The van der Waals surface area contributed by atoms with Gasteiger partial charge in [0.15, 0.2) is 0 Å². The van der Waals surface area contributed by atoms with Crippen LogP contribution in [0.1, 0.15) is 33.5 Å². The van der Waals surface area contributed by atoms with E-state index < -0.39 is 17.2 Å². The van der Waals surface area contributed by atoms with E-state index in [0.29, 0.717) is 0 Å². The zero-order valence-corrected chi connectivity index (χ0v) is 10.3. The van der Waals surface area contributed by atoms with Gasteiger partial charge in [0.2, 0.25) is 5.82 Å². The average molecular weight is 243 g/mol. The lowest BCUT2D eigenvalue weighted by atomic mass is 10.0. The molecule has 1 unspecified atom stereocenters. The van der Waals surface area contributed by atoms with Gasteiger partial charge in [-0.25, -0.2) is 4.79 Å². The van der Waals surface area contributed by atoms with Crippen LogP contribution >= 0.6 is 0 Å². The normalized spacial score (nSPS) is 15.1. The molecular weight excluding hydrogens is 226 g/mol. The topological polar surface area (TPSA) is 113 Å². The highest BCUT2D eigenvalue weighted by atomic mass is 16.6. The van der Waals surface area contributed by atoms with E-state index >= 15 is 0 Å². The molecule has 1 atom stereocenters. The number of nitrogens with zero attached hydrogens (tertiary/aromatic N) is 3. The van der Waals surface area contributed by atoms with Gasteiger partial charge < -0.3 is 15.2 Å². The summed E-state index contributed by atoms with van der Waals surface area (Å²) in [6.45, 7) is 6.44. The number of amides is 1. The number of aliphatic hydroxyl groups excluding tert-OH is 1. The Bertz CT molecular complexity index is 372. The summed E-state index contributed by atoms with van der Waals surface area (Å²) in [5, 5.41) is 24.9. The second-order valence-corrected chi connectivity index (χ2v) is 4.85. The largest absolute Gasteiger partial charge is 0.444 e. The van der Waals surface area contributed by atoms with E-state index in [1.54, 1.807) is 27.7 Å². The van der Waals surface area contributed by atoms with Gasteiger partial charge in [-0.1, -0.05) is 5.21 Å². The van der Waals surface area contributed by atoms with Crippen LogP contribution in [0.15, 0.2) is 0 Å². The summed E-state index contributed by atoms with van der Waals surface area (Å²) in [5.74, 6) is 0.186. The first-order valence-electron chi connectivity index (χ1n) is 5.13. The van der Waals surface area contributed by atoms with Crippen LogP contribution in [-0.2, 0) is 10.3 Å². The number of carbonyl (C=O) groups excluding carboxylic acids is 1. The van der Waals surface area contributed by atoms with Crippen LogP contribution in [0.5, 0.6) is 0 Å². The van der Waals surface area contributed by atoms with Crippen molar-refractivity contribution in [2.75, 3.05) is 6.61 Å². The lowest BCUT2D eigenvalue weighted by Crippen LogP contribution is -2.48. The number of rotatable bonds is 3. The Morgan fingerprint density at radius 1 is 1.47 bits per heavy atom. The van der Waals surface area contributed by atoms with E-state index in [-0.39, 0.29) is 12.4 Å². The average Bonchev–Trinajstić information content (AvgIpc) is 2.67. The van der Waals surface area contributed by atoms with Gasteiger partial charge in [-0.2, -0.15) is 5.21 Å². The second-order valence-electron chi connectivity index (χ2n) is 4.85. The predicted octanol–water partition coefficient (Wildman–Crippen LogP) is -0.0681. The van der Waals surface area contributed by atoms with E-state index in [9.17, 15) is 9.90 Å². The lowest BCUT2D eigenvalue weighted by Gasteiger charge is -2.27. The zero-order valence-electron chi connectivity index (χ0n) is 10.3. The standard InChI is InChI=1S/C9H17N5O3/c1-8(2,3)17-7(16)10-9(4,5-15)6-11-13-14-12-6/h15H,5H2,1-4H3,(H,10,16)(H,11,12,13,14). The molecule has 0 fully saturated rings. The molecule has 0 radical (unpaired) electrons. The van der Waals surface area contributed by atoms with E-state index in [1.165, 1.54) is 0 Å². The molecule has 8 heteroatoms. The number of aromatic amines is 1. The Hall–Kier alpha value is -1.70. The minimum absolute atomic E-state index is 0.186. The molecule has 1 aromatic heterocycles. The lowest BCUT2D eigenvalue weighted by molar-refractivity contribution is 0.0402. The number of alkyl carbamates (subject to hydrolysis) is 1. The molecule has 1 aromatic rings. The number of hydrogen-bond acceptors (Lipinski definition) is 6. The maximum atomic E-state index is 11.6. The summed E-state index contributed by atoms with van der Waals surface area (Å²) >= 11 is 0. The number of hydrogen-bond donors (Lipinski definition) is 3. The fourth-order valence-electron chi connectivity index (χ4n) is 1.09. The summed E-state index contributed by atoms with van der Waals surface area (Å²) in [7, 11) is 0. The fraction of sp³-hybridized carbons (Fsp3) is 0.778. The first-order valence-corrected chi connectivity index (χ1v) is 5.13. The van der Waals surface area contributed by atoms with Gasteiger partial charge in [0.05, 0.1) is 6.61 Å². The SMILES string of the molecule is CC(C)(C)OC(=O)NC(C)(CO)c1nn[nH]n1. The van der Waals surface area contributed by atoms with Gasteiger partial charge in [0, 0.05) is 0 Å². The van der Waals surface area contributed by atoms with E-state index in [0.717, 1.165) is 0 Å². The molecule has 0 spiro atoms. The van der Waals surface area contributed by atoms with Gasteiger partial charge in [-0.15, -0.1) is 10.2 Å². The molecule has 3 N–H and O–H groups in total. The van der Waals surface area contributed by atoms with Crippen molar-refractivity contribution in [3.05, 3.63) is 5.82 Å². The van der Waals surface area contributed by atoms with E-state index in [1.807, 2.05) is 0 Å². The van der Waals surface area contributed by atoms with Gasteiger partial charge in [-0.3, -0.25) is 0 Å². The Kier molecular flexibility index (Phi) is 3.66. The molecule has 0 aromatic carbocycles. The van der Waals surface area contributed by atoms with Gasteiger partial charge in [0.25, 0.3) is 0 Å². The number of aromatic nitrogens is 4. The first kappa shape index (κ1) is 13.4. The minimum Gasteiger partial charge on any atom is -0.444 e. The highest BCUT2D eigenvalue weighted by molar-refractivity contribution is 5.68. The molecule has 0 aliphatic heterocycles. The third-order valence-corrected chi connectivity index (χ3v) is 1.93. The van der Waals surface area contributed by atoms with Crippen molar-refractivity contribution in [1.82, 2.24) is 25.9 Å². The van der Waals surface area contributed by atoms with Crippen molar-refractivity contribution in [2.24, 2.45) is 0 Å². The van der Waals surface area contributed by atoms with Crippen molar-refractivity contribution >= 4 is 6.09 Å². The number of H-pyrrole nitrogens is 1. The molecular formula is C9H17N5O3. The molecule has 0 aliphatic carbocycles. The Labute approximate surface area is 98.7 Å². The van der Waals surface area contributed by atoms with Crippen LogP contribution in [0.25, 0.3) is 0 Å². The van der Waals surface area contributed by atoms with Gasteiger partial charge in [0.1, 0.15) is 11.1 Å². The highest BCUT2D eigenvalue weighted by Crippen LogP contribution is 2.16. The summed E-state index contributed by atoms with van der Waals surface area (Å²) in [6, 6.07) is 0. The summed E-state index contributed by atoms with van der Waals surface area (Å²) < 4.78 is 5.09. The Morgan fingerprint density at radius 2 is 2.12 bits per heavy atom. The number of nitrogens with one attached hydrogen (secondary N) is 2. The molecule has 8 nitrogen and oxygen atoms in total. The van der Waals surface area contributed by atoms with Crippen LogP contribution in [0.3, 0.4) is 0 Å². The first-order chi connectivity index (χ1) is 7.77. The molecule has 0 bridgehead atoms. The van der Waals surface area contributed by atoms with Crippen LogP contribution in [0, 0.1) is 0 Å². The fourth-order valence-corrected chi connectivity index (χ4v) is 1.09. The maximum Gasteiger partial charge on any atom is 0.408 e. The van der Waals surface area contributed by atoms with Crippen molar-refractivity contribution in [3.63, 3.8) is 0 Å². The number of ether oxygens (including phenoxy) is 1. The zero-order chi connectivity index (χ0) is 13.1. The van der Waals surface area contributed by atoms with Crippen LogP contribution < -0.4 is 5.32 Å². The summed E-state index contributed by atoms with van der Waals surface area (Å²) in [5.41, 5.74) is -1.74. The highest BCUT2D eigenvalue weighted by Gasteiger charge is 2.34.